The minimum absolute atomic E-state index is 0.188. The molecular formula is C13H26N2O2. The van der Waals surface area contributed by atoms with E-state index in [-0.39, 0.29) is 18.1 Å². The SMILES string of the molecule is CCN(CC)C(=O)CCN[C@H]1CCCC[C@@H]1O. The normalized spacial score (nSPS) is 24.6. The summed E-state index contributed by atoms with van der Waals surface area (Å²) in [4.78, 5) is 13.6. The highest BCUT2D eigenvalue weighted by Crippen LogP contribution is 2.18. The maximum atomic E-state index is 11.8. The summed E-state index contributed by atoms with van der Waals surface area (Å²) in [5.74, 6) is 0.202. The fraction of sp³-hybridized carbons (Fsp3) is 0.923. The molecule has 100 valence electrons. The average molecular weight is 242 g/mol. The molecule has 0 spiro atoms. The topological polar surface area (TPSA) is 52.6 Å². The van der Waals surface area contributed by atoms with Gasteiger partial charge in [0.1, 0.15) is 0 Å². The quantitative estimate of drug-likeness (QED) is 0.734. The van der Waals surface area contributed by atoms with Crippen LogP contribution in [0.1, 0.15) is 46.0 Å². The predicted molar refractivity (Wildman–Crippen MR) is 68.8 cm³/mol. The summed E-state index contributed by atoms with van der Waals surface area (Å²) in [6.45, 7) is 6.24. The number of hydrogen-bond acceptors (Lipinski definition) is 3. The molecule has 0 aromatic rings. The summed E-state index contributed by atoms with van der Waals surface area (Å²) in [5.41, 5.74) is 0. The highest BCUT2D eigenvalue weighted by atomic mass is 16.3. The third kappa shape index (κ3) is 4.64. The van der Waals surface area contributed by atoms with E-state index in [0.717, 1.165) is 32.4 Å². The molecule has 4 heteroatoms. The lowest BCUT2D eigenvalue weighted by atomic mass is 9.92. The van der Waals surface area contributed by atoms with Crippen molar-refractivity contribution in [1.82, 2.24) is 10.2 Å². The van der Waals surface area contributed by atoms with Crippen LogP contribution in [0.4, 0.5) is 0 Å². The van der Waals surface area contributed by atoms with Gasteiger partial charge < -0.3 is 15.3 Å². The predicted octanol–water partition coefficient (Wildman–Crippen LogP) is 1.14. The van der Waals surface area contributed by atoms with E-state index in [1.807, 2.05) is 18.7 Å². The van der Waals surface area contributed by atoms with E-state index in [0.29, 0.717) is 13.0 Å². The molecule has 1 rings (SSSR count). The van der Waals surface area contributed by atoms with Crippen LogP contribution in [0.2, 0.25) is 0 Å². The van der Waals surface area contributed by atoms with Gasteiger partial charge >= 0.3 is 0 Å². The molecule has 0 aromatic carbocycles. The zero-order valence-electron chi connectivity index (χ0n) is 11.1. The van der Waals surface area contributed by atoms with Gasteiger partial charge in [-0.25, -0.2) is 0 Å². The first-order valence-corrected chi connectivity index (χ1v) is 6.88. The van der Waals surface area contributed by atoms with E-state index in [2.05, 4.69) is 5.32 Å². The third-order valence-corrected chi connectivity index (χ3v) is 3.59. The molecule has 1 aliphatic rings. The van der Waals surface area contributed by atoms with Gasteiger partial charge in [0.15, 0.2) is 0 Å². The summed E-state index contributed by atoms with van der Waals surface area (Å²) in [6.07, 6.45) is 4.52. The molecule has 2 atom stereocenters. The fourth-order valence-corrected chi connectivity index (χ4v) is 2.45. The minimum Gasteiger partial charge on any atom is -0.392 e. The van der Waals surface area contributed by atoms with E-state index in [4.69, 9.17) is 0 Å². The Balaban J connectivity index is 2.20. The van der Waals surface area contributed by atoms with E-state index in [9.17, 15) is 9.90 Å². The molecular weight excluding hydrogens is 216 g/mol. The number of carbonyl (C=O) groups excluding carboxylic acids is 1. The number of carbonyl (C=O) groups is 1. The number of rotatable bonds is 6. The van der Waals surface area contributed by atoms with E-state index >= 15 is 0 Å². The van der Waals surface area contributed by atoms with Gasteiger partial charge in [0.05, 0.1) is 6.10 Å². The van der Waals surface area contributed by atoms with Crippen LogP contribution in [0.3, 0.4) is 0 Å². The summed E-state index contributed by atoms with van der Waals surface area (Å²) in [5, 5.41) is 13.1. The summed E-state index contributed by atoms with van der Waals surface area (Å²) < 4.78 is 0. The first kappa shape index (κ1) is 14.5. The van der Waals surface area contributed by atoms with Gasteiger partial charge in [0, 0.05) is 32.1 Å². The standard InChI is InChI=1S/C13H26N2O2/c1-3-15(4-2)13(17)9-10-14-11-7-5-6-8-12(11)16/h11-12,14,16H,3-10H2,1-2H3/t11-,12-/m0/s1. The molecule has 0 aromatic heterocycles. The van der Waals surface area contributed by atoms with Crippen molar-refractivity contribution in [1.29, 1.82) is 0 Å². The molecule has 0 radical (unpaired) electrons. The van der Waals surface area contributed by atoms with E-state index in [1.165, 1.54) is 6.42 Å². The minimum atomic E-state index is -0.229. The van der Waals surface area contributed by atoms with Crippen molar-refractivity contribution in [2.75, 3.05) is 19.6 Å². The lowest BCUT2D eigenvalue weighted by Crippen LogP contribution is -2.43. The Kier molecular flexibility index (Phi) is 6.52. The van der Waals surface area contributed by atoms with Gasteiger partial charge in [-0.1, -0.05) is 12.8 Å². The van der Waals surface area contributed by atoms with Gasteiger partial charge in [0.25, 0.3) is 0 Å². The molecule has 1 fully saturated rings. The second-order valence-corrected chi connectivity index (χ2v) is 4.73. The van der Waals surface area contributed by atoms with Crippen molar-refractivity contribution in [3.63, 3.8) is 0 Å². The van der Waals surface area contributed by atoms with Crippen molar-refractivity contribution in [2.24, 2.45) is 0 Å². The highest BCUT2D eigenvalue weighted by Gasteiger charge is 2.22. The van der Waals surface area contributed by atoms with E-state index < -0.39 is 0 Å². The molecule has 0 unspecified atom stereocenters. The molecule has 0 saturated heterocycles. The molecule has 0 heterocycles. The second-order valence-electron chi connectivity index (χ2n) is 4.73. The molecule has 2 N–H and O–H groups in total. The second kappa shape index (κ2) is 7.67. The largest absolute Gasteiger partial charge is 0.392 e. The Morgan fingerprint density at radius 3 is 2.53 bits per heavy atom. The lowest BCUT2D eigenvalue weighted by molar-refractivity contribution is -0.130. The Bertz CT molecular complexity index is 229. The molecule has 0 bridgehead atoms. The van der Waals surface area contributed by atoms with Crippen LogP contribution in [0, 0.1) is 0 Å². The van der Waals surface area contributed by atoms with Crippen LogP contribution in [-0.2, 0) is 4.79 Å². The molecule has 17 heavy (non-hydrogen) atoms. The molecule has 1 saturated carbocycles. The zero-order valence-corrected chi connectivity index (χ0v) is 11.1. The number of nitrogens with zero attached hydrogens (tertiary/aromatic N) is 1. The van der Waals surface area contributed by atoms with Gasteiger partial charge in [-0.15, -0.1) is 0 Å². The Hall–Kier alpha value is -0.610. The fourth-order valence-electron chi connectivity index (χ4n) is 2.45. The Morgan fingerprint density at radius 2 is 1.94 bits per heavy atom. The number of amides is 1. The van der Waals surface area contributed by atoms with Crippen LogP contribution < -0.4 is 5.32 Å². The molecule has 1 amide bonds. The average Bonchev–Trinajstić information content (AvgIpc) is 2.33. The maximum absolute atomic E-state index is 11.8. The van der Waals surface area contributed by atoms with Gasteiger partial charge in [-0.3, -0.25) is 4.79 Å². The van der Waals surface area contributed by atoms with Gasteiger partial charge in [0.2, 0.25) is 5.91 Å². The maximum Gasteiger partial charge on any atom is 0.223 e. The monoisotopic (exact) mass is 242 g/mol. The first-order chi connectivity index (χ1) is 8.19. The van der Waals surface area contributed by atoms with Crippen LogP contribution in [0.15, 0.2) is 0 Å². The zero-order chi connectivity index (χ0) is 12.7. The first-order valence-electron chi connectivity index (χ1n) is 6.88. The van der Waals surface area contributed by atoms with Crippen molar-refractivity contribution in [2.45, 2.75) is 58.1 Å². The van der Waals surface area contributed by atoms with Gasteiger partial charge in [-0.05, 0) is 26.7 Å². The van der Waals surface area contributed by atoms with Gasteiger partial charge in [-0.2, -0.15) is 0 Å². The van der Waals surface area contributed by atoms with Crippen molar-refractivity contribution < 1.29 is 9.90 Å². The number of hydrogen-bond donors (Lipinski definition) is 2. The highest BCUT2D eigenvalue weighted by molar-refractivity contribution is 5.76. The Morgan fingerprint density at radius 1 is 1.29 bits per heavy atom. The summed E-state index contributed by atoms with van der Waals surface area (Å²) in [7, 11) is 0. The molecule has 1 aliphatic carbocycles. The Labute approximate surface area is 104 Å². The smallest absolute Gasteiger partial charge is 0.223 e. The van der Waals surface area contributed by atoms with Crippen LogP contribution >= 0.6 is 0 Å². The molecule has 4 nitrogen and oxygen atoms in total. The number of aliphatic hydroxyl groups is 1. The van der Waals surface area contributed by atoms with E-state index in [1.54, 1.807) is 0 Å². The van der Waals surface area contributed by atoms with Crippen LogP contribution in [0.25, 0.3) is 0 Å². The number of nitrogens with one attached hydrogen (secondary N) is 1. The molecule has 0 aliphatic heterocycles. The lowest BCUT2D eigenvalue weighted by Gasteiger charge is -2.28. The van der Waals surface area contributed by atoms with Crippen molar-refractivity contribution in [3.05, 3.63) is 0 Å². The van der Waals surface area contributed by atoms with Crippen LogP contribution in [-0.4, -0.2) is 47.7 Å². The van der Waals surface area contributed by atoms with Crippen molar-refractivity contribution in [3.8, 4) is 0 Å². The van der Waals surface area contributed by atoms with Crippen molar-refractivity contribution >= 4 is 5.91 Å². The summed E-state index contributed by atoms with van der Waals surface area (Å²) >= 11 is 0. The number of aliphatic hydroxyl groups excluding tert-OH is 1. The third-order valence-electron chi connectivity index (χ3n) is 3.59. The van der Waals surface area contributed by atoms with Crippen LogP contribution in [0.5, 0.6) is 0 Å². The summed E-state index contributed by atoms with van der Waals surface area (Å²) in [6, 6.07) is 0.188.